The molecule has 3 fully saturated rings. The highest BCUT2D eigenvalue weighted by molar-refractivity contribution is 5.76. The Bertz CT molecular complexity index is 831. The molecule has 2 saturated heterocycles. The molecule has 9 atom stereocenters. The van der Waals surface area contributed by atoms with Crippen LogP contribution in [-0.4, -0.2) is 85.4 Å². The molecule has 2 heterocycles. The minimum atomic E-state index is -1.36. The number of carbonyl (C=O) groups is 5. The zero-order valence-electron chi connectivity index (χ0n) is 19.3. The molecular formula is C21H29NO12. The Morgan fingerprint density at radius 3 is 2.06 bits per heavy atom. The largest absolute Gasteiger partial charge is 0.463 e. The van der Waals surface area contributed by atoms with E-state index in [1.807, 2.05) is 0 Å². The van der Waals surface area contributed by atoms with Crippen LogP contribution >= 0.6 is 0 Å². The lowest BCUT2D eigenvalue weighted by atomic mass is 9.83. The van der Waals surface area contributed by atoms with Gasteiger partial charge in [-0.1, -0.05) is 0 Å². The molecule has 1 saturated carbocycles. The Morgan fingerprint density at radius 1 is 0.882 bits per heavy atom. The summed E-state index contributed by atoms with van der Waals surface area (Å²) < 4.78 is 38.3. The minimum Gasteiger partial charge on any atom is -0.463 e. The first-order valence-corrected chi connectivity index (χ1v) is 10.9. The highest BCUT2D eigenvalue weighted by Gasteiger charge is 2.55. The predicted octanol–water partition coefficient (Wildman–Crippen LogP) is -0.883. The summed E-state index contributed by atoms with van der Waals surface area (Å²) in [4.78, 5) is 59.0. The van der Waals surface area contributed by atoms with Crippen molar-refractivity contribution in [1.82, 2.24) is 0 Å². The third kappa shape index (κ3) is 6.02. The normalized spacial score (nSPS) is 36.7. The van der Waals surface area contributed by atoms with Crippen LogP contribution < -0.4 is 5.73 Å². The van der Waals surface area contributed by atoms with E-state index < -0.39 is 78.6 Å². The molecule has 190 valence electrons. The lowest BCUT2D eigenvalue weighted by Gasteiger charge is -2.45. The fraction of sp³-hybridized carbons (Fsp3) is 0.762. The van der Waals surface area contributed by atoms with E-state index in [1.54, 1.807) is 0 Å². The van der Waals surface area contributed by atoms with E-state index in [-0.39, 0.29) is 19.1 Å². The molecule has 0 unspecified atom stereocenters. The van der Waals surface area contributed by atoms with Crippen LogP contribution in [0.5, 0.6) is 0 Å². The van der Waals surface area contributed by atoms with Crippen LogP contribution in [0.15, 0.2) is 0 Å². The van der Waals surface area contributed by atoms with Gasteiger partial charge in [0.15, 0.2) is 24.6 Å². The van der Waals surface area contributed by atoms with Gasteiger partial charge in [0.05, 0.1) is 12.0 Å². The number of rotatable bonds is 7. The zero-order chi connectivity index (χ0) is 25.2. The average Bonchev–Trinajstić information content (AvgIpc) is 3.03. The molecular weight excluding hydrogens is 458 g/mol. The summed E-state index contributed by atoms with van der Waals surface area (Å²) in [5, 5.41) is 0. The van der Waals surface area contributed by atoms with Gasteiger partial charge in [-0.3, -0.25) is 24.0 Å². The van der Waals surface area contributed by atoms with Crippen LogP contribution in [0.2, 0.25) is 0 Å². The molecule has 0 radical (unpaired) electrons. The molecule has 3 rings (SSSR count). The van der Waals surface area contributed by atoms with Gasteiger partial charge in [0.25, 0.3) is 0 Å². The van der Waals surface area contributed by atoms with Gasteiger partial charge in [-0.2, -0.15) is 0 Å². The SMILES string of the molecule is CC(=O)OC[C@H]1O[C@@H](O[C@H]2C[C@@H]3C[C@@H](C(=O)O3)[C@H]2N)[C@H](OC(C)=O)[C@@H](OC(C)=O)[C@@H]1OC(C)=O. The zero-order valence-corrected chi connectivity index (χ0v) is 19.3. The second-order valence-corrected chi connectivity index (χ2v) is 8.46. The summed E-state index contributed by atoms with van der Waals surface area (Å²) in [5.41, 5.74) is 6.24. The predicted molar refractivity (Wildman–Crippen MR) is 107 cm³/mol. The fourth-order valence-corrected chi connectivity index (χ4v) is 4.43. The summed E-state index contributed by atoms with van der Waals surface area (Å²) in [6, 6.07) is -0.724. The van der Waals surface area contributed by atoms with E-state index in [2.05, 4.69) is 0 Å². The molecule has 0 aromatic rings. The Kier molecular flexibility index (Phi) is 8.10. The maximum Gasteiger partial charge on any atom is 0.311 e. The van der Waals surface area contributed by atoms with E-state index in [0.717, 1.165) is 20.8 Å². The summed E-state index contributed by atoms with van der Waals surface area (Å²) in [6.45, 7) is 4.19. The van der Waals surface area contributed by atoms with E-state index >= 15 is 0 Å². The monoisotopic (exact) mass is 487 g/mol. The van der Waals surface area contributed by atoms with Crippen molar-refractivity contribution in [1.29, 1.82) is 0 Å². The first kappa shape index (κ1) is 25.8. The Labute approximate surface area is 195 Å². The van der Waals surface area contributed by atoms with Crippen LogP contribution in [-0.2, 0) is 57.1 Å². The number of nitrogens with two attached hydrogens (primary N) is 1. The summed E-state index contributed by atoms with van der Waals surface area (Å²) in [5.74, 6) is -3.83. The van der Waals surface area contributed by atoms with Crippen molar-refractivity contribution in [2.75, 3.05) is 6.61 Å². The maximum absolute atomic E-state index is 12.0. The summed E-state index contributed by atoms with van der Waals surface area (Å²) >= 11 is 0. The van der Waals surface area contributed by atoms with Crippen LogP contribution in [0.4, 0.5) is 0 Å². The van der Waals surface area contributed by atoms with Crippen molar-refractivity contribution in [3.8, 4) is 0 Å². The minimum absolute atomic E-state index is 0.274. The highest BCUT2D eigenvalue weighted by atomic mass is 16.7. The first-order valence-electron chi connectivity index (χ1n) is 10.9. The first-order chi connectivity index (χ1) is 16.0. The Hall–Kier alpha value is -2.77. The van der Waals surface area contributed by atoms with Crippen molar-refractivity contribution in [2.24, 2.45) is 11.7 Å². The Morgan fingerprint density at radius 2 is 1.47 bits per heavy atom. The van der Waals surface area contributed by atoms with E-state index in [4.69, 9.17) is 38.9 Å². The van der Waals surface area contributed by atoms with Crippen molar-refractivity contribution < 1.29 is 57.1 Å². The van der Waals surface area contributed by atoms with Crippen LogP contribution in [0.3, 0.4) is 0 Å². The Balaban J connectivity index is 1.92. The van der Waals surface area contributed by atoms with Crippen LogP contribution in [0, 0.1) is 5.92 Å². The number of ether oxygens (including phenoxy) is 7. The van der Waals surface area contributed by atoms with Crippen molar-refractivity contribution >= 4 is 29.8 Å². The number of carbonyl (C=O) groups excluding carboxylic acids is 5. The van der Waals surface area contributed by atoms with E-state index in [9.17, 15) is 24.0 Å². The molecule has 0 spiro atoms. The molecule has 2 bridgehead atoms. The maximum atomic E-state index is 12.0. The van der Waals surface area contributed by atoms with E-state index in [0.29, 0.717) is 6.42 Å². The van der Waals surface area contributed by atoms with Gasteiger partial charge in [-0.05, 0) is 6.42 Å². The second-order valence-electron chi connectivity index (χ2n) is 8.46. The molecule has 1 aliphatic carbocycles. The highest BCUT2D eigenvalue weighted by Crippen LogP contribution is 2.38. The molecule has 2 N–H and O–H groups in total. The molecule has 0 aromatic carbocycles. The lowest BCUT2D eigenvalue weighted by Crippen LogP contribution is -2.64. The smallest absolute Gasteiger partial charge is 0.311 e. The number of fused-ring (bicyclic) bond motifs is 2. The molecule has 0 amide bonds. The van der Waals surface area contributed by atoms with Gasteiger partial charge < -0.3 is 38.9 Å². The van der Waals surface area contributed by atoms with Gasteiger partial charge in [0.2, 0.25) is 0 Å². The summed E-state index contributed by atoms with van der Waals surface area (Å²) in [6.07, 6.45) is -6.85. The standard InChI is InChI=1S/C21H29NO12/c1-8(23)28-7-15-17(29-9(2)24)18(30-10(3)25)19(31-11(4)26)21(34-15)33-14-6-12-5-13(16(14)22)20(27)32-12/h12-19,21H,5-7,22H2,1-4H3/t12-,13+,14-,15+,16+,17+,18-,19+,21+/m0/s1. The molecule has 13 nitrogen and oxygen atoms in total. The molecule has 34 heavy (non-hydrogen) atoms. The van der Waals surface area contributed by atoms with Gasteiger partial charge in [-0.15, -0.1) is 0 Å². The van der Waals surface area contributed by atoms with Gasteiger partial charge >= 0.3 is 29.8 Å². The van der Waals surface area contributed by atoms with Crippen molar-refractivity contribution in [2.45, 2.75) is 89.5 Å². The molecule has 0 aromatic heterocycles. The third-order valence-corrected chi connectivity index (χ3v) is 5.75. The summed E-state index contributed by atoms with van der Waals surface area (Å²) in [7, 11) is 0. The third-order valence-electron chi connectivity index (χ3n) is 5.75. The molecule has 13 heteroatoms. The van der Waals surface area contributed by atoms with Gasteiger partial charge in [0.1, 0.15) is 18.8 Å². The van der Waals surface area contributed by atoms with Crippen molar-refractivity contribution in [3.63, 3.8) is 0 Å². The number of hydrogen-bond acceptors (Lipinski definition) is 13. The van der Waals surface area contributed by atoms with Crippen LogP contribution in [0.1, 0.15) is 40.5 Å². The number of hydrogen-bond donors (Lipinski definition) is 1. The molecule has 2 aliphatic heterocycles. The fourth-order valence-electron chi connectivity index (χ4n) is 4.43. The van der Waals surface area contributed by atoms with Gasteiger partial charge in [0, 0.05) is 40.2 Å². The van der Waals surface area contributed by atoms with Crippen LogP contribution in [0.25, 0.3) is 0 Å². The van der Waals surface area contributed by atoms with Gasteiger partial charge in [-0.25, -0.2) is 0 Å². The molecule has 3 aliphatic rings. The lowest BCUT2D eigenvalue weighted by molar-refractivity contribution is -0.320. The van der Waals surface area contributed by atoms with E-state index in [1.165, 1.54) is 6.92 Å². The second kappa shape index (κ2) is 10.7. The van der Waals surface area contributed by atoms with Crippen molar-refractivity contribution in [3.05, 3.63) is 0 Å². The average molecular weight is 487 g/mol. The number of esters is 5. The topological polar surface area (TPSA) is 176 Å². The quantitative estimate of drug-likeness (QED) is 0.346.